The van der Waals surface area contributed by atoms with Gasteiger partial charge in [-0.3, -0.25) is 0 Å². The summed E-state index contributed by atoms with van der Waals surface area (Å²) in [5.41, 5.74) is -0.0263. The highest BCUT2D eigenvalue weighted by atomic mass is 35.5. The summed E-state index contributed by atoms with van der Waals surface area (Å²) in [5.74, 6) is -0.0216. The number of hydrogen-bond donors (Lipinski definition) is 1. The van der Waals surface area contributed by atoms with Crippen LogP contribution in [-0.2, 0) is 6.42 Å². The molecule has 90 valence electrons. The largest absolute Gasteiger partial charge is 0.390 e. The minimum atomic E-state index is -0.797. The summed E-state index contributed by atoms with van der Waals surface area (Å²) in [6, 6.07) is 4.66. The van der Waals surface area contributed by atoms with Gasteiger partial charge in [0.05, 0.1) is 10.6 Å². The normalized spacial score (nSPS) is 15.2. The van der Waals surface area contributed by atoms with E-state index < -0.39 is 11.4 Å². The maximum Gasteiger partial charge on any atom is 0.142 e. The standard InChI is InChI=1S/C13H18ClFO/c1-9(2)7-13(3,16)8-10-4-5-11(14)12(15)6-10/h4-6,9,16H,7-8H2,1-3H3. The Hall–Kier alpha value is -0.600. The average molecular weight is 245 g/mol. The molecule has 1 N–H and O–H groups in total. The van der Waals surface area contributed by atoms with Crippen LogP contribution in [0.15, 0.2) is 18.2 Å². The molecule has 0 radical (unpaired) electrons. The van der Waals surface area contributed by atoms with Crippen molar-refractivity contribution in [3.63, 3.8) is 0 Å². The summed E-state index contributed by atoms with van der Waals surface area (Å²) in [5, 5.41) is 10.3. The molecular weight excluding hydrogens is 227 g/mol. The van der Waals surface area contributed by atoms with Gasteiger partial charge >= 0.3 is 0 Å². The third-order valence-electron chi connectivity index (χ3n) is 2.42. The van der Waals surface area contributed by atoms with Gasteiger partial charge in [0.15, 0.2) is 0 Å². The first-order chi connectivity index (χ1) is 7.30. The van der Waals surface area contributed by atoms with Crippen LogP contribution in [0, 0.1) is 11.7 Å². The van der Waals surface area contributed by atoms with Crippen LogP contribution >= 0.6 is 11.6 Å². The molecule has 0 bridgehead atoms. The van der Waals surface area contributed by atoms with Crippen LogP contribution in [0.3, 0.4) is 0 Å². The molecule has 0 aliphatic carbocycles. The molecule has 0 heterocycles. The monoisotopic (exact) mass is 244 g/mol. The zero-order valence-corrected chi connectivity index (χ0v) is 10.7. The Balaban J connectivity index is 2.76. The van der Waals surface area contributed by atoms with Gasteiger partial charge in [-0.25, -0.2) is 4.39 Å². The highest BCUT2D eigenvalue weighted by Crippen LogP contribution is 2.23. The van der Waals surface area contributed by atoms with Gasteiger partial charge in [-0.15, -0.1) is 0 Å². The SMILES string of the molecule is CC(C)CC(C)(O)Cc1ccc(Cl)c(F)c1. The second-order valence-electron chi connectivity index (χ2n) is 5.02. The first kappa shape index (κ1) is 13.5. The van der Waals surface area contributed by atoms with E-state index in [0.717, 1.165) is 5.56 Å². The molecule has 0 saturated carbocycles. The van der Waals surface area contributed by atoms with E-state index in [1.54, 1.807) is 13.0 Å². The Bertz CT molecular complexity index is 361. The highest BCUT2D eigenvalue weighted by Gasteiger charge is 2.22. The zero-order chi connectivity index (χ0) is 12.3. The lowest BCUT2D eigenvalue weighted by Gasteiger charge is -2.25. The molecule has 0 amide bonds. The van der Waals surface area contributed by atoms with Crippen LogP contribution in [0.5, 0.6) is 0 Å². The molecule has 1 atom stereocenters. The van der Waals surface area contributed by atoms with E-state index in [0.29, 0.717) is 18.8 Å². The molecule has 0 aliphatic heterocycles. The summed E-state index contributed by atoms with van der Waals surface area (Å²) >= 11 is 5.60. The average Bonchev–Trinajstić information content (AvgIpc) is 2.08. The van der Waals surface area contributed by atoms with Crippen molar-refractivity contribution >= 4 is 11.6 Å². The Labute approximate surface area is 101 Å². The molecular formula is C13H18ClFO. The van der Waals surface area contributed by atoms with Crippen molar-refractivity contribution in [1.82, 2.24) is 0 Å². The molecule has 16 heavy (non-hydrogen) atoms. The first-order valence-corrected chi connectivity index (χ1v) is 5.84. The van der Waals surface area contributed by atoms with Gasteiger partial charge in [-0.2, -0.15) is 0 Å². The van der Waals surface area contributed by atoms with Crippen molar-refractivity contribution in [2.24, 2.45) is 5.92 Å². The van der Waals surface area contributed by atoms with Crippen LogP contribution in [0.25, 0.3) is 0 Å². The number of hydrogen-bond acceptors (Lipinski definition) is 1. The second kappa shape index (κ2) is 5.15. The molecule has 0 saturated heterocycles. The van der Waals surface area contributed by atoms with Crippen molar-refractivity contribution in [3.8, 4) is 0 Å². The number of halogens is 2. The van der Waals surface area contributed by atoms with Crippen LogP contribution in [-0.4, -0.2) is 10.7 Å². The Morgan fingerprint density at radius 2 is 2.06 bits per heavy atom. The van der Waals surface area contributed by atoms with E-state index in [4.69, 9.17) is 11.6 Å². The fourth-order valence-corrected chi connectivity index (χ4v) is 2.16. The lowest BCUT2D eigenvalue weighted by Crippen LogP contribution is -2.29. The molecule has 1 nitrogen and oxygen atoms in total. The molecule has 1 aromatic rings. The van der Waals surface area contributed by atoms with Gasteiger partial charge in [-0.05, 0) is 37.0 Å². The summed E-state index contributed by atoms with van der Waals surface area (Å²) in [7, 11) is 0. The number of benzene rings is 1. The topological polar surface area (TPSA) is 20.2 Å². The van der Waals surface area contributed by atoms with Crippen LogP contribution in [0.2, 0.25) is 5.02 Å². The van der Waals surface area contributed by atoms with E-state index >= 15 is 0 Å². The lowest BCUT2D eigenvalue weighted by molar-refractivity contribution is 0.0388. The Morgan fingerprint density at radius 1 is 1.44 bits per heavy atom. The molecule has 0 aliphatic rings. The minimum absolute atomic E-state index is 0.118. The van der Waals surface area contributed by atoms with Gasteiger partial charge in [-0.1, -0.05) is 31.5 Å². The molecule has 1 rings (SSSR count). The smallest absolute Gasteiger partial charge is 0.142 e. The van der Waals surface area contributed by atoms with Gasteiger partial charge in [0.2, 0.25) is 0 Å². The van der Waals surface area contributed by atoms with Gasteiger partial charge < -0.3 is 5.11 Å². The predicted molar refractivity (Wildman–Crippen MR) is 65.2 cm³/mol. The molecule has 3 heteroatoms. The van der Waals surface area contributed by atoms with Gasteiger partial charge in [0, 0.05) is 6.42 Å². The zero-order valence-electron chi connectivity index (χ0n) is 9.93. The van der Waals surface area contributed by atoms with Crippen molar-refractivity contribution in [3.05, 3.63) is 34.6 Å². The summed E-state index contributed by atoms with van der Waals surface area (Å²) < 4.78 is 13.2. The van der Waals surface area contributed by atoms with E-state index in [1.807, 2.05) is 0 Å². The maximum atomic E-state index is 13.2. The molecule has 1 unspecified atom stereocenters. The van der Waals surface area contributed by atoms with Crippen molar-refractivity contribution in [1.29, 1.82) is 0 Å². The highest BCUT2D eigenvalue weighted by molar-refractivity contribution is 6.30. The maximum absolute atomic E-state index is 13.2. The third-order valence-corrected chi connectivity index (χ3v) is 2.72. The van der Waals surface area contributed by atoms with Crippen LogP contribution in [0.4, 0.5) is 4.39 Å². The lowest BCUT2D eigenvalue weighted by atomic mass is 9.88. The molecule has 1 aromatic carbocycles. The third kappa shape index (κ3) is 4.11. The van der Waals surface area contributed by atoms with E-state index in [1.165, 1.54) is 12.1 Å². The summed E-state index contributed by atoms with van der Waals surface area (Å²) in [4.78, 5) is 0. The minimum Gasteiger partial charge on any atom is -0.390 e. The van der Waals surface area contributed by atoms with E-state index in [-0.39, 0.29) is 5.02 Å². The fraction of sp³-hybridized carbons (Fsp3) is 0.538. The van der Waals surface area contributed by atoms with Crippen molar-refractivity contribution in [2.75, 3.05) is 0 Å². The van der Waals surface area contributed by atoms with Gasteiger partial charge in [0.1, 0.15) is 5.82 Å². The Morgan fingerprint density at radius 3 is 2.56 bits per heavy atom. The quantitative estimate of drug-likeness (QED) is 0.854. The first-order valence-electron chi connectivity index (χ1n) is 5.46. The summed E-state index contributed by atoms with van der Waals surface area (Å²) in [6.45, 7) is 5.88. The van der Waals surface area contributed by atoms with Crippen molar-refractivity contribution in [2.45, 2.75) is 39.2 Å². The van der Waals surface area contributed by atoms with Crippen LogP contribution < -0.4 is 0 Å². The number of rotatable bonds is 4. The predicted octanol–water partition coefficient (Wildman–Crippen LogP) is 3.82. The van der Waals surface area contributed by atoms with E-state index in [9.17, 15) is 9.50 Å². The van der Waals surface area contributed by atoms with Gasteiger partial charge in [0.25, 0.3) is 0 Å². The molecule has 0 aromatic heterocycles. The van der Waals surface area contributed by atoms with Crippen LogP contribution in [0.1, 0.15) is 32.8 Å². The Kier molecular flexibility index (Phi) is 4.34. The number of aliphatic hydroxyl groups is 1. The van der Waals surface area contributed by atoms with Crippen molar-refractivity contribution < 1.29 is 9.50 Å². The second-order valence-corrected chi connectivity index (χ2v) is 5.43. The molecule has 0 fully saturated rings. The van der Waals surface area contributed by atoms with E-state index in [2.05, 4.69) is 13.8 Å². The fourth-order valence-electron chi connectivity index (χ4n) is 2.04. The summed E-state index contributed by atoms with van der Waals surface area (Å²) in [6.07, 6.45) is 1.14. The molecule has 0 spiro atoms.